The predicted molar refractivity (Wildman–Crippen MR) is 55.0 cm³/mol. The number of allylic oxidation sites excluding steroid dienone is 1. The minimum Gasteiger partial charge on any atom is -0.0999 e. The monoisotopic (exact) mass is 166 g/mol. The molecule has 1 saturated carbocycles. The fourth-order valence-corrected chi connectivity index (χ4v) is 2.55. The molecule has 4 atom stereocenters. The van der Waals surface area contributed by atoms with Crippen LogP contribution in [0, 0.1) is 23.7 Å². The van der Waals surface area contributed by atoms with Gasteiger partial charge in [-0.3, -0.25) is 0 Å². The maximum atomic E-state index is 4.09. The van der Waals surface area contributed by atoms with Crippen molar-refractivity contribution in [2.24, 2.45) is 23.7 Å². The van der Waals surface area contributed by atoms with Crippen molar-refractivity contribution in [1.29, 1.82) is 0 Å². The highest BCUT2D eigenvalue weighted by Gasteiger charge is 2.31. The molecule has 0 aromatic carbocycles. The summed E-state index contributed by atoms with van der Waals surface area (Å²) in [6.45, 7) is 13.4. The normalized spacial score (nSPS) is 42.7. The molecule has 1 rings (SSSR count). The highest BCUT2D eigenvalue weighted by molar-refractivity contribution is 5.01. The molecule has 0 spiro atoms. The first-order chi connectivity index (χ1) is 5.54. The van der Waals surface area contributed by atoms with Gasteiger partial charge in [0.1, 0.15) is 0 Å². The van der Waals surface area contributed by atoms with Crippen molar-refractivity contribution < 1.29 is 0 Å². The minimum absolute atomic E-state index is 0.788. The molecule has 0 heteroatoms. The lowest BCUT2D eigenvalue weighted by molar-refractivity contribution is 0.147. The van der Waals surface area contributed by atoms with Gasteiger partial charge in [0, 0.05) is 0 Å². The summed E-state index contributed by atoms with van der Waals surface area (Å²) in [6.07, 6.45) is 2.76. The Kier molecular flexibility index (Phi) is 2.98. The number of hydrogen-bond acceptors (Lipinski definition) is 0. The van der Waals surface area contributed by atoms with Crippen LogP contribution in [0.25, 0.3) is 0 Å². The van der Waals surface area contributed by atoms with Crippen LogP contribution in [0.4, 0.5) is 0 Å². The van der Waals surface area contributed by atoms with Crippen LogP contribution in [0.1, 0.15) is 40.5 Å². The number of rotatable bonds is 1. The van der Waals surface area contributed by atoms with Crippen LogP contribution in [0.2, 0.25) is 0 Å². The molecule has 0 N–H and O–H groups in total. The van der Waals surface area contributed by atoms with Crippen molar-refractivity contribution >= 4 is 0 Å². The van der Waals surface area contributed by atoms with E-state index in [0.29, 0.717) is 0 Å². The van der Waals surface area contributed by atoms with Crippen LogP contribution in [-0.4, -0.2) is 0 Å². The van der Waals surface area contributed by atoms with Gasteiger partial charge in [-0.15, -0.1) is 0 Å². The molecule has 70 valence electrons. The smallest absolute Gasteiger partial charge is 0.0180 e. The van der Waals surface area contributed by atoms with Crippen LogP contribution in [0.3, 0.4) is 0 Å². The Morgan fingerprint density at radius 3 is 2.17 bits per heavy atom. The van der Waals surface area contributed by atoms with Crippen LogP contribution < -0.4 is 0 Å². The van der Waals surface area contributed by atoms with Gasteiger partial charge in [-0.05, 0) is 43.4 Å². The molecular weight excluding hydrogens is 144 g/mol. The lowest BCUT2D eigenvalue weighted by atomic mass is 9.67. The highest BCUT2D eigenvalue weighted by Crippen LogP contribution is 2.40. The quantitative estimate of drug-likeness (QED) is 0.519. The maximum Gasteiger partial charge on any atom is -0.0180 e. The molecule has 0 aliphatic heterocycles. The summed E-state index contributed by atoms with van der Waals surface area (Å²) in [5.74, 6) is 3.42. The molecule has 1 aliphatic rings. The summed E-state index contributed by atoms with van der Waals surface area (Å²) in [7, 11) is 0. The molecule has 0 radical (unpaired) electrons. The molecule has 0 bridgehead atoms. The van der Waals surface area contributed by atoms with Crippen molar-refractivity contribution in [3.05, 3.63) is 12.2 Å². The predicted octanol–water partition coefficient (Wildman–Crippen LogP) is 3.88. The van der Waals surface area contributed by atoms with E-state index in [1.807, 2.05) is 0 Å². The molecular formula is C12H22. The Morgan fingerprint density at radius 2 is 1.67 bits per heavy atom. The first-order valence-corrected chi connectivity index (χ1v) is 5.19. The van der Waals surface area contributed by atoms with Crippen molar-refractivity contribution in [2.75, 3.05) is 0 Å². The fourth-order valence-electron chi connectivity index (χ4n) is 2.55. The van der Waals surface area contributed by atoms with Gasteiger partial charge >= 0.3 is 0 Å². The Morgan fingerprint density at radius 1 is 1.08 bits per heavy atom. The van der Waals surface area contributed by atoms with Crippen LogP contribution in [0.15, 0.2) is 12.2 Å². The van der Waals surface area contributed by atoms with Gasteiger partial charge in [-0.2, -0.15) is 0 Å². The Labute approximate surface area is 77.1 Å². The van der Waals surface area contributed by atoms with E-state index < -0.39 is 0 Å². The van der Waals surface area contributed by atoms with E-state index in [4.69, 9.17) is 0 Å². The van der Waals surface area contributed by atoms with Gasteiger partial charge in [0.15, 0.2) is 0 Å². The Hall–Kier alpha value is -0.260. The van der Waals surface area contributed by atoms with Crippen LogP contribution in [-0.2, 0) is 0 Å². The van der Waals surface area contributed by atoms with E-state index in [2.05, 4.69) is 34.3 Å². The van der Waals surface area contributed by atoms with E-state index in [-0.39, 0.29) is 0 Å². The summed E-state index contributed by atoms with van der Waals surface area (Å²) in [5, 5.41) is 0. The third kappa shape index (κ3) is 1.73. The highest BCUT2D eigenvalue weighted by atomic mass is 14.4. The van der Waals surface area contributed by atoms with Crippen molar-refractivity contribution in [3.8, 4) is 0 Å². The third-order valence-electron chi connectivity index (χ3n) is 3.93. The van der Waals surface area contributed by atoms with E-state index in [0.717, 1.165) is 23.7 Å². The lowest BCUT2D eigenvalue weighted by Gasteiger charge is -2.38. The summed E-state index contributed by atoms with van der Waals surface area (Å²) >= 11 is 0. The van der Waals surface area contributed by atoms with Gasteiger partial charge in [0.2, 0.25) is 0 Å². The van der Waals surface area contributed by atoms with Crippen molar-refractivity contribution in [3.63, 3.8) is 0 Å². The molecule has 1 fully saturated rings. The van der Waals surface area contributed by atoms with E-state index in [1.54, 1.807) is 0 Å². The van der Waals surface area contributed by atoms with Gasteiger partial charge < -0.3 is 0 Å². The SMILES string of the molecule is C=C(C)C1CCC(C)C(C)C1C. The molecule has 1 aliphatic carbocycles. The Balaban J connectivity index is 2.65. The largest absolute Gasteiger partial charge is 0.0999 e. The zero-order valence-corrected chi connectivity index (χ0v) is 8.93. The van der Waals surface area contributed by atoms with Crippen molar-refractivity contribution in [1.82, 2.24) is 0 Å². The third-order valence-corrected chi connectivity index (χ3v) is 3.93. The minimum atomic E-state index is 0.788. The first-order valence-electron chi connectivity index (χ1n) is 5.19. The topological polar surface area (TPSA) is 0 Å². The second-order valence-corrected chi connectivity index (χ2v) is 4.73. The van der Waals surface area contributed by atoms with Gasteiger partial charge in [0.25, 0.3) is 0 Å². The van der Waals surface area contributed by atoms with Crippen LogP contribution >= 0.6 is 0 Å². The fraction of sp³-hybridized carbons (Fsp3) is 0.833. The standard InChI is InChI=1S/C12H22/c1-8(2)12-7-6-9(3)10(4)11(12)5/h9-12H,1,6-7H2,2-5H3. The molecule has 0 aromatic rings. The molecule has 0 saturated heterocycles. The van der Waals surface area contributed by atoms with Gasteiger partial charge in [0.05, 0.1) is 0 Å². The first kappa shape index (κ1) is 9.83. The average molecular weight is 166 g/mol. The Bertz CT molecular complexity index is 169. The zero-order chi connectivity index (χ0) is 9.30. The summed E-state index contributed by atoms with van der Waals surface area (Å²) in [6, 6.07) is 0. The molecule has 12 heavy (non-hydrogen) atoms. The van der Waals surface area contributed by atoms with E-state index >= 15 is 0 Å². The van der Waals surface area contributed by atoms with Gasteiger partial charge in [-0.1, -0.05) is 32.9 Å². The molecule has 0 nitrogen and oxygen atoms in total. The van der Waals surface area contributed by atoms with Crippen LogP contribution in [0.5, 0.6) is 0 Å². The summed E-state index contributed by atoms with van der Waals surface area (Å²) < 4.78 is 0. The summed E-state index contributed by atoms with van der Waals surface area (Å²) in [4.78, 5) is 0. The zero-order valence-electron chi connectivity index (χ0n) is 8.93. The molecule has 4 unspecified atom stereocenters. The lowest BCUT2D eigenvalue weighted by Crippen LogP contribution is -2.30. The molecule has 0 aromatic heterocycles. The molecule has 0 amide bonds. The van der Waals surface area contributed by atoms with Crippen molar-refractivity contribution in [2.45, 2.75) is 40.5 Å². The maximum absolute atomic E-state index is 4.09. The molecule has 0 heterocycles. The summed E-state index contributed by atoms with van der Waals surface area (Å²) in [5.41, 5.74) is 1.39. The second-order valence-electron chi connectivity index (χ2n) is 4.73. The van der Waals surface area contributed by atoms with E-state index in [1.165, 1.54) is 18.4 Å². The number of hydrogen-bond donors (Lipinski definition) is 0. The van der Waals surface area contributed by atoms with E-state index in [9.17, 15) is 0 Å². The van der Waals surface area contributed by atoms with Gasteiger partial charge in [-0.25, -0.2) is 0 Å². The second kappa shape index (κ2) is 3.64. The average Bonchev–Trinajstić information content (AvgIpc) is 2.00.